The number of halogens is 1. The van der Waals surface area contributed by atoms with Crippen LogP contribution in [0.5, 0.6) is 0 Å². The number of carboxylic acids is 1. The number of nitrogens with zero attached hydrogens (tertiary/aromatic N) is 1. The third kappa shape index (κ3) is 4.96. The van der Waals surface area contributed by atoms with E-state index in [0.717, 1.165) is 0 Å². The number of benzene rings is 1. The van der Waals surface area contributed by atoms with Crippen molar-refractivity contribution >= 4 is 35.2 Å². The summed E-state index contributed by atoms with van der Waals surface area (Å²) in [5.41, 5.74) is 0.172. The van der Waals surface area contributed by atoms with E-state index in [1.54, 1.807) is 6.92 Å². The molecule has 0 fully saturated rings. The number of urea groups is 1. The molecule has 114 valence electrons. The molecule has 8 heteroatoms. The van der Waals surface area contributed by atoms with Gasteiger partial charge in [-0.05, 0) is 25.1 Å². The summed E-state index contributed by atoms with van der Waals surface area (Å²) in [6.45, 7) is 2.16. The summed E-state index contributed by atoms with van der Waals surface area (Å²) in [6.07, 6.45) is 0. The van der Waals surface area contributed by atoms with Crippen molar-refractivity contribution < 1.29 is 19.5 Å². The van der Waals surface area contributed by atoms with E-state index in [-0.39, 0.29) is 28.7 Å². The molecule has 0 spiro atoms. The van der Waals surface area contributed by atoms with Crippen LogP contribution in [-0.2, 0) is 4.79 Å². The van der Waals surface area contributed by atoms with Crippen molar-refractivity contribution in [3.63, 3.8) is 0 Å². The van der Waals surface area contributed by atoms with Crippen LogP contribution in [0.25, 0.3) is 0 Å². The number of rotatable bonds is 5. The first kappa shape index (κ1) is 16.8. The monoisotopic (exact) mass is 313 g/mol. The minimum atomic E-state index is -1.19. The molecular weight excluding hydrogens is 298 g/mol. The minimum Gasteiger partial charge on any atom is -0.478 e. The van der Waals surface area contributed by atoms with Gasteiger partial charge >= 0.3 is 12.0 Å². The number of amides is 3. The van der Waals surface area contributed by atoms with Crippen molar-refractivity contribution in [1.82, 2.24) is 10.2 Å². The standard InChI is InChI=1S/C13H16ClN3O4/c1-3-15-11(18)7-17(2)13(21)16-8-4-5-10(14)9(6-8)12(19)20/h4-6H,3,7H2,1-2H3,(H,15,18)(H,16,21)(H,19,20). The number of aromatic carboxylic acids is 1. The molecule has 3 amide bonds. The van der Waals surface area contributed by atoms with E-state index in [2.05, 4.69) is 10.6 Å². The van der Waals surface area contributed by atoms with Crippen LogP contribution in [0.4, 0.5) is 10.5 Å². The molecule has 0 saturated heterocycles. The van der Waals surface area contributed by atoms with Crippen LogP contribution in [0.1, 0.15) is 17.3 Å². The van der Waals surface area contributed by atoms with Gasteiger partial charge in [-0.25, -0.2) is 9.59 Å². The Morgan fingerprint density at radius 3 is 2.57 bits per heavy atom. The van der Waals surface area contributed by atoms with Crippen molar-refractivity contribution in [3.05, 3.63) is 28.8 Å². The molecule has 0 aliphatic rings. The molecule has 0 atom stereocenters. The number of likely N-dealkylation sites (N-methyl/N-ethyl adjacent to an activating group) is 2. The summed E-state index contributed by atoms with van der Waals surface area (Å²) in [6, 6.07) is 3.58. The highest BCUT2D eigenvalue weighted by Crippen LogP contribution is 2.20. The number of nitrogens with one attached hydrogen (secondary N) is 2. The zero-order valence-corrected chi connectivity index (χ0v) is 12.4. The van der Waals surface area contributed by atoms with Crippen LogP contribution < -0.4 is 10.6 Å². The van der Waals surface area contributed by atoms with Crippen molar-refractivity contribution in [3.8, 4) is 0 Å². The molecule has 0 heterocycles. The van der Waals surface area contributed by atoms with Gasteiger partial charge in [0.2, 0.25) is 5.91 Å². The van der Waals surface area contributed by atoms with Crippen molar-refractivity contribution in [2.75, 3.05) is 25.5 Å². The Balaban J connectivity index is 2.72. The topological polar surface area (TPSA) is 98.7 Å². The summed E-state index contributed by atoms with van der Waals surface area (Å²) >= 11 is 5.74. The van der Waals surface area contributed by atoms with E-state index < -0.39 is 12.0 Å². The molecule has 21 heavy (non-hydrogen) atoms. The number of carbonyl (C=O) groups excluding carboxylic acids is 2. The normalized spacial score (nSPS) is 9.86. The third-order valence-corrected chi connectivity index (χ3v) is 2.88. The van der Waals surface area contributed by atoms with E-state index in [9.17, 15) is 14.4 Å². The van der Waals surface area contributed by atoms with Crippen LogP contribution in [0, 0.1) is 0 Å². The molecule has 0 radical (unpaired) electrons. The Bertz CT molecular complexity index is 562. The molecule has 1 aromatic carbocycles. The van der Waals surface area contributed by atoms with Gasteiger partial charge in [0.25, 0.3) is 0 Å². The van der Waals surface area contributed by atoms with Crippen molar-refractivity contribution in [1.29, 1.82) is 0 Å². The molecule has 1 aromatic rings. The van der Waals surface area contributed by atoms with Gasteiger partial charge in [0.05, 0.1) is 10.6 Å². The van der Waals surface area contributed by atoms with Crippen molar-refractivity contribution in [2.45, 2.75) is 6.92 Å². The molecule has 0 aliphatic carbocycles. The SMILES string of the molecule is CCNC(=O)CN(C)C(=O)Nc1ccc(Cl)c(C(=O)O)c1. The first-order valence-electron chi connectivity index (χ1n) is 6.16. The summed E-state index contributed by atoms with van der Waals surface area (Å²) in [7, 11) is 1.46. The Labute approximate surface area is 126 Å². The largest absolute Gasteiger partial charge is 0.478 e. The Kier molecular flexibility index (Phi) is 5.98. The van der Waals surface area contributed by atoms with Crippen LogP contribution in [0.15, 0.2) is 18.2 Å². The number of anilines is 1. The summed E-state index contributed by atoms with van der Waals surface area (Å²) in [5, 5.41) is 14.1. The second-order valence-corrected chi connectivity index (χ2v) is 4.65. The maximum Gasteiger partial charge on any atom is 0.337 e. The average molecular weight is 314 g/mol. The number of carbonyl (C=O) groups is 3. The zero-order chi connectivity index (χ0) is 16.0. The van der Waals surface area contributed by atoms with Gasteiger partial charge in [0.15, 0.2) is 0 Å². The fourth-order valence-corrected chi connectivity index (χ4v) is 1.72. The lowest BCUT2D eigenvalue weighted by Crippen LogP contribution is -2.40. The Morgan fingerprint density at radius 2 is 2.00 bits per heavy atom. The van der Waals surface area contributed by atoms with E-state index in [1.807, 2.05) is 0 Å². The average Bonchev–Trinajstić information content (AvgIpc) is 2.40. The van der Waals surface area contributed by atoms with Gasteiger partial charge in [-0.3, -0.25) is 4.79 Å². The molecular formula is C13H16ClN3O4. The molecule has 0 saturated carbocycles. The minimum absolute atomic E-state index is 0.0798. The molecule has 0 bridgehead atoms. The highest BCUT2D eigenvalue weighted by Gasteiger charge is 2.14. The lowest BCUT2D eigenvalue weighted by atomic mass is 10.2. The maximum absolute atomic E-state index is 11.9. The van der Waals surface area contributed by atoms with E-state index in [4.69, 9.17) is 16.7 Å². The van der Waals surface area contributed by atoms with Crippen LogP contribution >= 0.6 is 11.6 Å². The van der Waals surface area contributed by atoms with Crippen LogP contribution in [0.3, 0.4) is 0 Å². The lowest BCUT2D eigenvalue weighted by Gasteiger charge is -2.17. The van der Waals surface area contributed by atoms with E-state index >= 15 is 0 Å². The van der Waals surface area contributed by atoms with Crippen LogP contribution in [0.2, 0.25) is 5.02 Å². The molecule has 0 unspecified atom stereocenters. The van der Waals surface area contributed by atoms with E-state index in [0.29, 0.717) is 6.54 Å². The first-order valence-corrected chi connectivity index (χ1v) is 6.54. The van der Waals surface area contributed by atoms with Gasteiger partial charge in [-0.15, -0.1) is 0 Å². The predicted octanol–water partition coefficient (Wildman–Crippen LogP) is 1.64. The summed E-state index contributed by atoms with van der Waals surface area (Å²) in [4.78, 5) is 35.4. The molecule has 0 aromatic heterocycles. The quantitative estimate of drug-likeness (QED) is 0.769. The molecule has 3 N–H and O–H groups in total. The number of carboxylic acid groups (broad SMARTS) is 1. The molecule has 7 nitrogen and oxygen atoms in total. The van der Waals surface area contributed by atoms with Crippen molar-refractivity contribution in [2.24, 2.45) is 0 Å². The summed E-state index contributed by atoms with van der Waals surface area (Å²) in [5.74, 6) is -1.47. The predicted molar refractivity (Wildman–Crippen MR) is 78.7 cm³/mol. The molecule has 0 aliphatic heterocycles. The van der Waals surface area contributed by atoms with Gasteiger partial charge < -0.3 is 20.6 Å². The number of hydrogen-bond acceptors (Lipinski definition) is 3. The molecule has 1 rings (SSSR count). The second kappa shape index (κ2) is 7.49. The van der Waals surface area contributed by atoms with Gasteiger partial charge in [-0.2, -0.15) is 0 Å². The number of hydrogen-bond donors (Lipinski definition) is 3. The zero-order valence-electron chi connectivity index (χ0n) is 11.6. The van der Waals surface area contributed by atoms with Gasteiger partial charge in [0, 0.05) is 19.3 Å². The second-order valence-electron chi connectivity index (χ2n) is 4.24. The summed E-state index contributed by atoms with van der Waals surface area (Å²) < 4.78 is 0. The fraction of sp³-hybridized carbons (Fsp3) is 0.308. The highest BCUT2D eigenvalue weighted by atomic mass is 35.5. The van der Waals surface area contributed by atoms with Crippen LogP contribution in [-0.4, -0.2) is 48.1 Å². The highest BCUT2D eigenvalue weighted by molar-refractivity contribution is 6.33. The van der Waals surface area contributed by atoms with E-state index in [1.165, 1.54) is 30.1 Å². The maximum atomic E-state index is 11.9. The first-order chi connectivity index (χ1) is 9.85. The van der Waals surface area contributed by atoms with Gasteiger partial charge in [0.1, 0.15) is 6.54 Å². The Hall–Kier alpha value is -2.28. The fourth-order valence-electron chi connectivity index (χ4n) is 1.53. The Morgan fingerprint density at radius 1 is 1.33 bits per heavy atom. The third-order valence-electron chi connectivity index (χ3n) is 2.55. The smallest absolute Gasteiger partial charge is 0.337 e. The van der Waals surface area contributed by atoms with Gasteiger partial charge in [-0.1, -0.05) is 11.6 Å². The lowest BCUT2D eigenvalue weighted by molar-refractivity contribution is -0.121.